The van der Waals surface area contributed by atoms with E-state index in [4.69, 9.17) is 16.9 Å². The van der Waals surface area contributed by atoms with Gasteiger partial charge in [0, 0.05) is 11.7 Å². The van der Waals surface area contributed by atoms with Crippen molar-refractivity contribution in [2.45, 2.75) is 25.0 Å². The number of benzene rings is 1. The van der Waals surface area contributed by atoms with E-state index in [-0.39, 0.29) is 17.7 Å². The van der Waals surface area contributed by atoms with E-state index in [1.807, 2.05) is 24.5 Å². The van der Waals surface area contributed by atoms with E-state index < -0.39 is 0 Å². The summed E-state index contributed by atoms with van der Waals surface area (Å²) in [4.78, 5) is 12.0. The number of halogens is 1. The lowest BCUT2D eigenvalue weighted by molar-refractivity contribution is -0.113. The second-order valence-electron chi connectivity index (χ2n) is 4.76. The van der Waals surface area contributed by atoms with Gasteiger partial charge in [-0.3, -0.25) is 4.79 Å². The van der Waals surface area contributed by atoms with Crippen molar-refractivity contribution in [2.24, 2.45) is 0 Å². The molecule has 1 aromatic carbocycles. The summed E-state index contributed by atoms with van der Waals surface area (Å²) >= 11 is 7.24. The Morgan fingerprint density at radius 1 is 1.55 bits per heavy atom. The summed E-state index contributed by atoms with van der Waals surface area (Å²) in [5.41, 5.74) is 0.930. The highest BCUT2D eigenvalue weighted by molar-refractivity contribution is 7.99. The van der Waals surface area contributed by atoms with Gasteiger partial charge >= 0.3 is 0 Å². The third-order valence-electron chi connectivity index (χ3n) is 2.80. The molecule has 0 saturated heterocycles. The van der Waals surface area contributed by atoms with Gasteiger partial charge in [-0.2, -0.15) is 5.26 Å². The summed E-state index contributed by atoms with van der Waals surface area (Å²) in [7, 11) is 0. The lowest BCUT2D eigenvalue weighted by Crippen LogP contribution is -2.14. The fourth-order valence-corrected chi connectivity index (χ4v) is 2.77. The standard InChI is InChI=1S/C14H14ClN5OS/c1-9(2)20-8-17-19-14(20)22-7-13(21)18-11-4-3-10(6-16)12(15)5-11/h3-5,8-9H,7H2,1-2H3,(H,18,21). The monoisotopic (exact) mass is 335 g/mol. The molecule has 22 heavy (non-hydrogen) atoms. The Balaban J connectivity index is 1.95. The minimum atomic E-state index is -0.177. The molecule has 1 N–H and O–H groups in total. The molecular weight excluding hydrogens is 322 g/mol. The highest BCUT2D eigenvalue weighted by atomic mass is 35.5. The van der Waals surface area contributed by atoms with Gasteiger partial charge in [0.15, 0.2) is 5.16 Å². The van der Waals surface area contributed by atoms with Crippen molar-refractivity contribution in [3.8, 4) is 6.07 Å². The van der Waals surface area contributed by atoms with Crippen LogP contribution in [0.3, 0.4) is 0 Å². The number of carbonyl (C=O) groups excluding carboxylic acids is 1. The smallest absolute Gasteiger partial charge is 0.234 e. The van der Waals surface area contributed by atoms with E-state index in [1.54, 1.807) is 24.5 Å². The van der Waals surface area contributed by atoms with Crippen molar-refractivity contribution in [3.63, 3.8) is 0 Å². The molecule has 1 aromatic heterocycles. The molecule has 0 radical (unpaired) electrons. The Bertz CT molecular complexity index is 722. The van der Waals surface area contributed by atoms with E-state index in [0.717, 1.165) is 0 Å². The van der Waals surface area contributed by atoms with E-state index in [9.17, 15) is 4.79 Å². The molecule has 114 valence electrons. The van der Waals surface area contributed by atoms with Gasteiger partial charge in [0.2, 0.25) is 5.91 Å². The molecule has 2 aromatic rings. The Hall–Kier alpha value is -2.04. The van der Waals surface area contributed by atoms with Crippen LogP contribution >= 0.6 is 23.4 Å². The number of nitriles is 1. The molecule has 0 aliphatic rings. The summed E-state index contributed by atoms with van der Waals surface area (Å²) in [6, 6.07) is 6.97. The lowest BCUT2D eigenvalue weighted by atomic mass is 10.2. The van der Waals surface area contributed by atoms with Gasteiger partial charge in [0.05, 0.1) is 16.3 Å². The number of amides is 1. The number of hydrogen-bond acceptors (Lipinski definition) is 5. The second kappa shape index (κ2) is 7.29. The van der Waals surface area contributed by atoms with Crippen LogP contribution in [0.15, 0.2) is 29.7 Å². The number of thioether (sulfide) groups is 1. The maximum absolute atomic E-state index is 12.0. The molecule has 0 saturated carbocycles. The Kier molecular flexibility index (Phi) is 5.41. The predicted molar refractivity (Wildman–Crippen MR) is 85.9 cm³/mol. The first-order valence-electron chi connectivity index (χ1n) is 6.53. The van der Waals surface area contributed by atoms with Crippen LogP contribution in [0.1, 0.15) is 25.5 Å². The van der Waals surface area contributed by atoms with Crippen molar-refractivity contribution >= 4 is 35.0 Å². The SMILES string of the molecule is CC(C)n1cnnc1SCC(=O)Nc1ccc(C#N)c(Cl)c1. The van der Waals surface area contributed by atoms with Crippen LogP contribution in [0.2, 0.25) is 5.02 Å². The number of nitrogens with zero attached hydrogens (tertiary/aromatic N) is 4. The normalized spacial score (nSPS) is 10.5. The zero-order chi connectivity index (χ0) is 16.1. The van der Waals surface area contributed by atoms with Gasteiger partial charge in [-0.1, -0.05) is 23.4 Å². The molecule has 0 atom stereocenters. The zero-order valence-corrected chi connectivity index (χ0v) is 13.6. The summed E-state index contributed by atoms with van der Waals surface area (Å²) in [6.07, 6.45) is 1.64. The molecule has 6 nitrogen and oxygen atoms in total. The summed E-state index contributed by atoms with van der Waals surface area (Å²) in [6.45, 7) is 4.04. The van der Waals surface area contributed by atoms with Gasteiger partial charge in [-0.25, -0.2) is 0 Å². The van der Waals surface area contributed by atoms with E-state index >= 15 is 0 Å². The number of rotatable bonds is 5. The molecule has 0 bridgehead atoms. The number of aromatic nitrogens is 3. The van der Waals surface area contributed by atoms with Crippen LogP contribution < -0.4 is 5.32 Å². The number of nitrogens with one attached hydrogen (secondary N) is 1. The van der Waals surface area contributed by atoms with Crippen LogP contribution in [0.25, 0.3) is 0 Å². The molecule has 1 heterocycles. The van der Waals surface area contributed by atoms with Crippen LogP contribution in [0.5, 0.6) is 0 Å². The second-order valence-corrected chi connectivity index (χ2v) is 6.11. The van der Waals surface area contributed by atoms with Crippen LogP contribution in [-0.2, 0) is 4.79 Å². The van der Waals surface area contributed by atoms with E-state index in [1.165, 1.54) is 11.8 Å². The highest BCUT2D eigenvalue weighted by Gasteiger charge is 2.11. The highest BCUT2D eigenvalue weighted by Crippen LogP contribution is 2.22. The van der Waals surface area contributed by atoms with E-state index in [2.05, 4.69) is 15.5 Å². The van der Waals surface area contributed by atoms with Gasteiger partial charge in [0.25, 0.3) is 0 Å². The first-order valence-corrected chi connectivity index (χ1v) is 7.89. The van der Waals surface area contributed by atoms with Crippen molar-refractivity contribution < 1.29 is 4.79 Å². The lowest BCUT2D eigenvalue weighted by Gasteiger charge is -2.09. The predicted octanol–water partition coefficient (Wildman–Crippen LogP) is 3.11. The first-order chi connectivity index (χ1) is 10.5. The summed E-state index contributed by atoms with van der Waals surface area (Å²) in [5.74, 6) is 0.0346. The fourth-order valence-electron chi connectivity index (χ4n) is 1.70. The molecule has 0 unspecified atom stereocenters. The van der Waals surface area contributed by atoms with Crippen molar-refractivity contribution in [3.05, 3.63) is 35.1 Å². The molecule has 2 rings (SSSR count). The maximum atomic E-state index is 12.0. The zero-order valence-electron chi connectivity index (χ0n) is 12.1. The fraction of sp³-hybridized carbons (Fsp3) is 0.286. The van der Waals surface area contributed by atoms with Crippen molar-refractivity contribution in [1.82, 2.24) is 14.8 Å². The number of hydrogen-bond donors (Lipinski definition) is 1. The minimum absolute atomic E-state index is 0.177. The van der Waals surface area contributed by atoms with Gasteiger partial charge in [-0.15, -0.1) is 10.2 Å². The Morgan fingerprint density at radius 2 is 2.32 bits per heavy atom. The molecule has 1 amide bonds. The third kappa shape index (κ3) is 4.00. The maximum Gasteiger partial charge on any atom is 0.234 e. The van der Waals surface area contributed by atoms with Crippen molar-refractivity contribution in [1.29, 1.82) is 5.26 Å². The van der Waals surface area contributed by atoms with E-state index in [0.29, 0.717) is 21.4 Å². The average molecular weight is 336 g/mol. The molecular formula is C14H14ClN5OS. The molecule has 0 aliphatic heterocycles. The average Bonchev–Trinajstić information content (AvgIpc) is 2.94. The van der Waals surface area contributed by atoms with Crippen molar-refractivity contribution in [2.75, 3.05) is 11.1 Å². The van der Waals surface area contributed by atoms with Crippen LogP contribution in [-0.4, -0.2) is 26.4 Å². The van der Waals surface area contributed by atoms with Crippen LogP contribution in [0.4, 0.5) is 5.69 Å². The molecule has 0 aliphatic carbocycles. The number of carbonyl (C=O) groups is 1. The van der Waals surface area contributed by atoms with Crippen LogP contribution in [0, 0.1) is 11.3 Å². The molecule has 0 fully saturated rings. The van der Waals surface area contributed by atoms with Gasteiger partial charge in [-0.05, 0) is 32.0 Å². The summed E-state index contributed by atoms with van der Waals surface area (Å²) in [5, 5.41) is 20.4. The largest absolute Gasteiger partial charge is 0.325 e. The quantitative estimate of drug-likeness (QED) is 0.849. The van der Waals surface area contributed by atoms with Gasteiger partial charge in [0.1, 0.15) is 12.4 Å². The molecule has 8 heteroatoms. The first kappa shape index (κ1) is 16.3. The molecule has 0 spiro atoms. The third-order valence-corrected chi connectivity index (χ3v) is 4.07. The van der Waals surface area contributed by atoms with Gasteiger partial charge < -0.3 is 9.88 Å². The Morgan fingerprint density at radius 3 is 2.95 bits per heavy atom. The summed E-state index contributed by atoms with van der Waals surface area (Å²) < 4.78 is 1.90. The Labute approximate surface area is 137 Å². The minimum Gasteiger partial charge on any atom is -0.325 e. The number of anilines is 1. The topological polar surface area (TPSA) is 83.6 Å².